The van der Waals surface area contributed by atoms with Gasteiger partial charge in [-0.05, 0) is 17.7 Å². The first kappa shape index (κ1) is 9.71. The number of benzene rings is 1. The normalized spacial score (nSPS) is 9.93. The van der Waals surface area contributed by atoms with Gasteiger partial charge in [-0.3, -0.25) is 4.98 Å². The predicted octanol–water partition coefficient (Wildman–Crippen LogP) is 2.68. The molecule has 0 unspecified atom stereocenters. The van der Waals surface area contributed by atoms with Gasteiger partial charge < -0.3 is 4.74 Å². The van der Waals surface area contributed by atoms with Crippen molar-refractivity contribution in [2.24, 2.45) is 0 Å². The second-order valence-corrected chi connectivity index (χ2v) is 3.35. The Hall–Kier alpha value is -1.83. The number of aromatic nitrogens is 1. The molecule has 15 heavy (non-hydrogen) atoms. The third-order valence-corrected chi connectivity index (χ3v) is 2.26. The molecule has 2 rings (SSSR count). The van der Waals surface area contributed by atoms with Gasteiger partial charge in [0.15, 0.2) is 0 Å². The topological polar surface area (TPSA) is 22.1 Å². The summed E-state index contributed by atoms with van der Waals surface area (Å²) in [7, 11) is 1.65. The summed E-state index contributed by atoms with van der Waals surface area (Å²) in [4.78, 5) is 4.32. The summed E-state index contributed by atoms with van der Waals surface area (Å²) < 4.78 is 5.06. The predicted molar refractivity (Wildman–Crippen MR) is 60.0 cm³/mol. The van der Waals surface area contributed by atoms with Gasteiger partial charge in [0.1, 0.15) is 5.75 Å². The second kappa shape index (κ2) is 4.60. The van der Waals surface area contributed by atoms with Gasteiger partial charge in [0.2, 0.25) is 0 Å². The van der Waals surface area contributed by atoms with Crippen molar-refractivity contribution >= 4 is 0 Å². The van der Waals surface area contributed by atoms with Crippen molar-refractivity contribution < 1.29 is 4.74 Å². The number of hydrogen-bond acceptors (Lipinski definition) is 2. The van der Waals surface area contributed by atoms with E-state index < -0.39 is 0 Å². The highest BCUT2D eigenvalue weighted by Gasteiger charge is 1.97. The first-order valence-corrected chi connectivity index (χ1v) is 4.91. The van der Waals surface area contributed by atoms with Crippen LogP contribution in [0.25, 0.3) is 0 Å². The molecule has 0 N–H and O–H groups in total. The molecule has 0 saturated carbocycles. The summed E-state index contributed by atoms with van der Waals surface area (Å²) in [5.41, 5.74) is 2.33. The fourth-order valence-corrected chi connectivity index (χ4v) is 1.44. The van der Waals surface area contributed by atoms with E-state index in [1.807, 2.05) is 30.3 Å². The van der Waals surface area contributed by atoms with Crippen LogP contribution in [0.3, 0.4) is 0 Å². The van der Waals surface area contributed by atoms with E-state index in [1.165, 1.54) is 5.56 Å². The molecule has 0 amide bonds. The average Bonchev–Trinajstić information content (AvgIpc) is 2.31. The summed E-state index contributed by atoms with van der Waals surface area (Å²) >= 11 is 0. The van der Waals surface area contributed by atoms with E-state index in [0.29, 0.717) is 0 Å². The van der Waals surface area contributed by atoms with Crippen LogP contribution in [0.4, 0.5) is 0 Å². The van der Waals surface area contributed by atoms with Gasteiger partial charge in [-0.2, -0.15) is 0 Å². The molecule has 0 bridgehead atoms. The SMILES string of the molecule is COc1ccc(Cc2ccccc2)nc1. The van der Waals surface area contributed by atoms with Crippen LogP contribution in [0.1, 0.15) is 11.3 Å². The van der Waals surface area contributed by atoms with Crippen molar-refractivity contribution in [3.05, 3.63) is 59.9 Å². The molecule has 0 fully saturated rings. The molecule has 0 aliphatic rings. The van der Waals surface area contributed by atoms with Crippen LogP contribution < -0.4 is 4.74 Å². The first-order valence-electron chi connectivity index (χ1n) is 4.91. The van der Waals surface area contributed by atoms with E-state index in [9.17, 15) is 0 Å². The molecule has 2 nitrogen and oxygen atoms in total. The number of methoxy groups -OCH3 is 1. The molecule has 0 saturated heterocycles. The van der Waals surface area contributed by atoms with Gasteiger partial charge in [0, 0.05) is 12.1 Å². The lowest BCUT2D eigenvalue weighted by Gasteiger charge is -2.02. The molecule has 0 aliphatic carbocycles. The monoisotopic (exact) mass is 199 g/mol. The Labute approximate surface area is 89.6 Å². The Kier molecular flexibility index (Phi) is 2.98. The number of ether oxygens (including phenoxy) is 1. The molecular weight excluding hydrogens is 186 g/mol. The summed E-state index contributed by atoms with van der Waals surface area (Å²) in [6.45, 7) is 0. The van der Waals surface area contributed by atoms with E-state index in [1.54, 1.807) is 13.3 Å². The molecule has 2 aromatic rings. The van der Waals surface area contributed by atoms with Crippen LogP contribution in [0.15, 0.2) is 48.7 Å². The van der Waals surface area contributed by atoms with Crippen molar-refractivity contribution in [3.8, 4) is 5.75 Å². The van der Waals surface area contributed by atoms with Gasteiger partial charge in [-0.25, -0.2) is 0 Å². The van der Waals surface area contributed by atoms with Gasteiger partial charge in [-0.1, -0.05) is 30.3 Å². The third-order valence-electron chi connectivity index (χ3n) is 2.26. The zero-order valence-electron chi connectivity index (χ0n) is 8.68. The number of pyridine rings is 1. The highest BCUT2D eigenvalue weighted by atomic mass is 16.5. The van der Waals surface area contributed by atoms with E-state index in [-0.39, 0.29) is 0 Å². The van der Waals surface area contributed by atoms with E-state index in [2.05, 4.69) is 17.1 Å². The van der Waals surface area contributed by atoms with Crippen molar-refractivity contribution in [2.75, 3.05) is 7.11 Å². The number of hydrogen-bond donors (Lipinski definition) is 0. The fourth-order valence-electron chi connectivity index (χ4n) is 1.44. The standard InChI is InChI=1S/C13H13NO/c1-15-13-8-7-12(14-10-13)9-11-5-3-2-4-6-11/h2-8,10H,9H2,1H3. The third kappa shape index (κ3) is 2.56. The van der Waals surface area contributed by atoms with Crippen LogP contribution in [-0.4, -0.2) is 12.1 Å². The molecule has 1 aromatic heterocycles. The molecule has 0 aliphatic heterocycles. The van der Waals surface area contributed by atoms with Crippen LogP contribution in [0.2, 0.25) is 0 Å². The van der Waals surface area contributed by atoms with Gasteiger partial charge >= 0.3 is 0 Å². The van der Waals surface area contributed by atoms with E-state index in [0.717, 1.165) is 17.9 Å². The van der Waals surface area contributed by atoms with Crippen LogP contribution >= 0.6 is 0 Å². The first-order chi connectivity index (χ1) is 7.38. The van der Waals surface area contributed by atoms with Crippen molar-refractivity contribution in [2.45, 2.75) is 6.42 Å². The molecule has 0 spiro atoms. The minimum atomic E-state index is 0.798. The van der Waals surface area contributed by atoms with Gasteiger partial charge in [-0.15, -0.1) is 0 Å². The van der Waals surface area contributed by atoms with Crippen molar-refractivity contribution in [3.63, 3.8) is 0 Å². The van der Waals surface area contributed by atoms with Gasteiger partial charge in [0.05, 0.1) is 13.3 Å². The Balaban J connectivity index is 2.11. The minimum Gasteiger partial charge on any atom is -0.495 e. The number of nitrogens with zero attached hydrogens (tertiary/aromatic N) is 1. The Morgan fingerprint density at radius 2 is 1.87 bits per heavy atom. The summed E-state index contributed by atoms with van der Waals surface area (Å²) in [5, 5.41) is 0. The lowest BCUT2D eigenvalue weighted by Crippen LogP contribution is -1.92. The molecule has 1 aromatic carbocycles. The Morgan fingerprint density at radius 3 is 2.47 bits per heavy atom. The second-order valence-electron chi connectivity index (χ2n) is 3.35. The highest BCUT2D eigenvalue weighted by Crippen LogP contribution is 2.11. The van der Waals surface area contributed by atoms with Crippen molar-refractivity contribution in [1.29, 1.82) is 0 Å². The molecule has 0 radical (unpaired) electrons. The quantitative estimate of drug-likeness (QED) is 0.758. The maximum Gasteiger partial charge on any atom is 0.137 e. The molecule has 2 heteroatoms. The zero-order chi connectivity index (χ0) is 10.5. The average molecular weight is 199 g/mol. The Bertz CT molecular complexity index is 408. The van der Waals surface area contributed by atoms with Crippen molar-refractivity contribution in [1.82, 2.24) is 4.98 Å². The molecular formula is C13H13NO. The summed E-state index contributed by atoms with van der Waals surface area (Å²) in [5.74, 6) is 0.798. The summed E-state index contributed by atoms with van der Waals surface area (Å²) in [6.07, 6.45) is 2.61. The largest absolute Gasteiger partial charge is 0.495 e. The maximum atomic E-state index is 5.06. The molecule has 1 heterocycles. The van der Waals surface area contributed by atoms with Crippen LogP contribution in [0.5, 0.6) is 5.75 Å². The van der Waals surface area contributed by atoms with Crippen LogP contribution in [0, 0.1) is 0 Å². The fraction of sp³-hybridized carbons (Fsp3) is 0.154. The van der Waals surface area contributed by atoms with Gasteiger partial charge in [0.25, 0.3) is 0 Å². The van der Waals surface area contributed by atoms with E-state index >= 15 is 0 Å². The smallest absolute Gasteiger partial charge is 0.137 e. The molecule has 0 atom stereocenters. The lowest BCUT2D eigenvalue weighted by molar-refractivity contribution is 0.412. The maximum absolute atomic E-state index is 5.06. The van der Waals surface area contributed by atoms with Crippen LogP contribution in [-0.2, 0) is 6.42 Å². The Morgan fingerprint density at radius 1 is 1.07 bits per heavy atom. The minimum absolute atomic E-state index is 0.798. The lowest BCUT2D eigenvalue weighted by atomic mass is 10.1. The zero-order valence-corrected chi connectivity index (χ0v) is 8.68. The number of rotatable bonds is 3. The summed E-state index contributed by atoms with van der Waals surface area (Å²) in [6, 6.07) is 14.2. The van der Waals surface area contributed by atoms with E-state index in [4.69, 9.17) is 4.74 Å². The highest BCUT2D eigenvalue weighted by molar-refractivity contribution is 5.25. The molecule has 76 valence electrons.